The molecule has 3 nitrogen and oxygen atoms in total. The summed E-state index contributed by atoms with van der Waals surface area (Å²) in [7, 11) is 1.73. The van der Waals surface area contributed by atoms with Crippen molar-refractivity contribution < 1.29 is 9.47 Å². The highest BCUT2D eigenvalue weighted by Crippen LogP contribution is 2.37. The maximum absolute atomic E-state index is 5.97. The predicted octanol–water partition coefficient (Wildman–Crippen LogP) is 3.21. The van der Waals surface area contributed by atoms with E-state index in [1.54, 1.807) is 18.4 Å². The summed E-state index contributed by atoms with van der Waals surface area (Å²) in [6.07, 6.45) is 2.66. The fourth-order valence-corrected chi connectivity index (χ4v) is 3.89. The Balaban J connectivity index is 1.89. The fraction of sp³-hybridized carbons (Fsp3) is 0.692. The van der Waals surface area contributed by atoms with E-state index >= 15 is 0 Å². The number of hydrogen-bond acceptors (Lipinski definition) is 4. The molecule has 1 aliphatic rings. The minimum absolute atomic E-state index is 0.255. The molecule has 0 amide bonds. The first-order valence-corrected chi connectivity index (χ1v) is 8.03. The molecule has 18 heavy (non-hydrogen) atoms. The van der Waals surface area contributed by atoms with E-state index in [9.17, 15) is 0 Å². The average Bonchev–Trinajstić information content (AvgIpc) is 2.82. The first kappa shape index (κ1) is 14.5. The molecule has 1 saturated heterocycles. The lowest BCUT2D eigenvalue weighted by Gasteiger charge is -2.31. The minimum atomic E-state index is 0.255. The fourth-order valence-electron chi connectivity index (χ4n) is 2.31. The van der Waals surface area contributed by atoms with Gasteiger partial charge in [0.25, 0.3) is 0 Å². The van der Waals surface area contributed by atoms with Crippen LogP contribution in [0.1, 0.15) is 23.8 Å². The number of thiophene rings is 1. The number of rotatable bonds is 6. The van der Waals surface area contributed by atoms with E-state index in [0.29, 0.717) is 5.92 Å². The van der Waals surface area contributed by atoms with Crippen LogP contribution in [0.25, 0.3) is 0 Å². The topological polar surface area (TPSA) is 30.5 Å². The van der Waals surface area contributed by atoms with Gasteiger partial charge >= 0.3 is 0 Å². The lowest BCUT2D eigenvalue weighted by atomic mass is 9.93. The summed E-state index contributed by atoms with van der Waals surface area (Å²) >= 11 is 5.29. The molecule has 0 radical (unpaired) electrons. The van der Waals surface area contributed by atoms with Crippen LogP contribution >= 0.6 is 27.3 Å². The van der Waals surface area contributed by atoms with Crippen molar-refractivity contribution in [2.45, 2.75) is 18.9 Å². The van der Waals surface area contributed by atoms with E-state index in [4.69, 9.17) is 9.47 Å². The zero-order chi connectivity index (χ0) is 12.8. The molecule has 0 aliphatic carbocycles. The average molecular weight is 334 g/mol. The van der Waals surface area contributed by atoms with Gasteiger partial charge in [0.05, 0.1) is 12.7 Å². The lowest BCUT2D eigenvalue weighted by molar-refractivity contribution is -0.0259. The number of halogens is 1. The van der Waals surface area contributed by atoms with Crippen molar-refractivity contribution in [3.05, 3.63) is 20.8 Å². The van der Waals surface area contributed by atoms with Crippen LogP contribution in [0.3, 0.4) is 0 Å². The monoisotopic (exact) mass is 333 g/mol. The van der Waals surface area contributed by atoms with Crippen molar-refractivity contribution in [1.82, 2.24) is 5.32 Å². The molecule has 0 bridgehead atoms. The predicted molar refractivity (Wildman–Crippen MR) is 78.2 cm³/mol. The van der Waals surface area contributed by atoms with Crippen molar-refractivity contribution >= 4 is 27.3 Å². The third kappa shape index (κ3) is 4.03. The van der Waals surface area contributed by atoms with Crippen LogP contribution in [0.4, 0.5) is 0 Å². The molecule has 1 aliphatic heterocycles. The number of methoxy groups -OCH3 is 1. The molecule has 2 rings (SSSR count). The Bertz CT molecular complexity index is 359. The minimum Gasteiger partial charge on any atom is -0.383 e. The molecule has 0 spiro atoms. The molecule has 0 aromatic carbocycles. The van der Waals surface area contributed by atoms with Gasteiger partial charge in [-0.2, -0.15) is 0 Å². The first-order chi connectivity index (χ1) is 8.81. The van der Waals surface area contributed by atoms with Crippen LogP contribution < -0.4 is 5.32 Å². The number of hydrogen-bond donors (Lipinski definition) is 1. The summed E-state index contributed by atoms with van der Waals surface area (Å²) in [6, 6.07) is 2.18. The SMILES string of the molecule is COCCNCC1CCCOC1c1cc(Br)cs1. The van der Waals surface area contributed by atoms with Gasteiger partial charge in [0, 0.05) is 47.5 Å². The second-order valence-corrected chi connectivity index (χ2v) is 6.42. The van der Waals surface area contributed by atoms with Gasteiger partial charge in [-0.1, -0.05) is 0 Å². The quantitative estimate of drug-likeness (QED) is 0.811. The van der Waals surface area contributed by atoms with Gasteiger partial charge < -0.3 is 14.8 Å². The smallest absolute Gasteiger partial charge is 0.0957 e. The molecule has 1 aromatic heterocycles. The number of ether oxygens (including phenoxy) is 2. The summed E-state index contributed by atoms with van der Waals surface area (Å²) in [5.74, 6) is 0.571. The van der Waals surface area contributed by atoms with Crippen LogP contribution in [0.2, 0.25) is 0 Å². The van der Waals surface area contributed by atoms with Crippen molar-refractivity contribution in [1.29, 1.82) is 0 Å². The van der Waals surface area contributed by atoms with Gasteiger partial charge in [-0.15, -0.1) is 11.3 Å². The molecule has 1 fully saturated rings. The Morgan fingerprint density at radius 3 is 3.22 bits per heavy atom. The van der Waals surface area contributed by atoms with Crippen molar-refractivity contribution in [2.24, 2.45) is 5.92 Å². The third-order valence-corrected chi connectivity index (χ3v) is 4.96. The normalized spacial score (nSPS) is 24.3. The Kier molecular flexibility index (Phi) is 6.11. The summed E-state index contributed by atoms with van der Waals surface area (Å²) < 4.78 is 12.2. The number of nitrogens with one attached hydrogen (secondary N) is 1. The third-order valence-electron chi connectivity index (χ3n) is 3.20. The molecule has 2 atom stereocenters. The summed E-state index contributed by atoms with van der Waals surface area (Å²) in [6.45, 7) is 3.56. The summed E-state index contributed by atoms with van der Waals surface area (Å²) in [5.41, 5.74) is 0. The van der Waals surface area contributed by atoms with Crippen LogP contribution in [0.5, 0.6) is 0 Å². The zero-order valence-electron chi connectivity index (χ0n) is 10.7. The van der Waals surface area contributed by atoms with Crippen molar-refractivity contribution in [3.8, 4) is 0 Å². The van der Waals surface area contributed by atoms with E-state index < -0.39 is 0 Å². The Morgan fingerprint density at radius 2 is 2.50 bits per heavy atom. The largest absolute Gasteiger partial charge is 0.383 e. The van der Waals surface area contributed by atoms with Gasteiger partial charge in [0.15, 0.2) is 0 Å². The molecule has 1 aromatic rings. The Labute approximate surface area is 121 Å². The van der Waals surface area contributed by atoms with E-state index in [2.05, 4.69) is 32.7 Å². The van der Waals surface area contributed by atoms with Gasteiger partial charge in [-0.25, -0.2) is 0 Å². The second kappa shape index (κ2) is 7.60. The van der Waals surface area contributed by atoms with E-state index in [1.165, 1.54) is 17.7 Å². The first-order valence-electron chi connectivity index (χ1n) is 6.36. The van der Waals surface area contributed by atoms with Gasteiger partial charge in [0.1, 0.15) is 0 Å². The van der Waals surface area contributed by atoms with Crippen LogP contribution in [-0.4, -0.2) is 33.4 Å². The molecular weight excluding hydrogens is 314 g/mol. The molecule has 0 saturated carbocycles. The van der Waals surface area contributed by atoms with Crippen LogP contribution in [0, 0.1) is 5.92 Å². The van der Waals surface area contributed by atoms with Crippen molar-refractivity contribution in [2.75, 3.05) is 33.4 Å². The standard InChI is InChI=1S/C13H20BrNO2S/c1-16-6-4-15-8-10-3-2-5-17-13(10)12-7-11(14)9-18-12/h7,9-10,13,15H,2-6,8H2,1H3. The van der Waals surface area contributed by atoms with Crippen LogP contribution in [-0.2, 0) is 9.47 Å². The molecule has 5 heteroatoms. The lowest BCUT2D eigenvalue weighted by Crippen LogP contribution is -2.33. The van der Waals surface area contributed by atoms with Gasteiger partial charge in [-0.3, -0.25) is 0 Å². The molecular formula is C13H20BrNO2S. The highest BCUT2D eigenvalue weighted by Gasteiger charge is 2.28. The van der Waals surface area contributed by atoms with Crippen LogP contribution in [0.15, 0.2) is 15.9 Å². The molecule has 2 heterocycles. The maximum Gasteiger partial charge on any atom is 0.0957 e. The van der Waals surface area contributed by atoms with Gasteiger partial charge in [-0.05, 0) is 34.8 Å². The summed E-state index contributed by atoms with van der Waals surface area (Å²) in [4.78, 5) is 1.33. The zero-order valence-corrected chi connectivity index (χ0v) is 13.1. The van der Waals surface area contributed by atoms with E-state index in [1.807, 2.05) is 0 Å². The highest BCUT2D eigenvalue weighted by atomic mass is 79.9. The highest BCUT2D eigenvalue weighted by molar-refractivity contribution is 9.10. The van der Waals surface area contributed by atoms with E-state index in [0.717, 1.165) is 30.8 Å². The maximum atomic E-state index is 5.97. The van der Waals surface area contributed by atoms with Gasteiger partial charge in [0.2, 0.25) is 0 Å². The van der Waals surface area contributed by atoms with E-state index in [-0.39, 0.29) is 6.10 Å². The van der Waals surface area contributed by atoms with Crippen molar-refractivity contribution in [3.63, 3.8) is 0 Å². The Morgan fingerprint density at radius 1 is 1.61 bits per heavy atom. The summed E-state index contributed by atoms with van der Waals surface area (Å²) in [5, 5.41) is 5.58. The molecule has 2 unspecified atom stereocenters. The second-order valence-electron chi connectivity index (χ2n) is 4.56. The Hall–Kier alpha value is 0.0600. The molecule has 102 valence electrons. The molecule has 1 N–H and O–H groups in total.